The Bertz CT molecular complexity index is 319. The Morgan fingerprint density at radius 2 is 2.13 bits per heavy atom. The van der Waals surface area contributed by atoms with Crippen molar-refractivity contribution in [2.45, 2.75) is 52.2 Å². The first-order valence-electron chi connectivity index (χ1n) is 5.75. The quantitative estimate of drug-likeness (QED) is 0.707. The van der Waals surface area contributed by atoms with E-state index in [1.54, 1.807) is 11.3 Å². The predicted molar refractivity (Wildman–Crippen MR) is 62.9 cm³/mol. The summed E-state index contributed by atoms with van der Waals surface area (Å²) < 4.78 is 11.1. The average Bonchev–Trinajstić information content (AvgIpc) is 2.73. The van der Waals surface area contributed by atoms with Crippen molar-refractivity contribution in [3.8, 4) is 11.5 Å². The van der Waals surface area contributed by atoms with Crippen molar-refractivity contribution in [2.24, 2.45) is 0 Å². The van der Waals surface area contributed by atoms with Crippen LogP contribution in [0.5, 0.6) is 11.5 Å². The van der Waals surface area contributed by atoms with Gasteiger partial charge < -0.3 is 9.47 Å². The summed E-state index contributed by atoms with van der Waals surface area (Å²) >= 11 is 1.76. The maximum Gasteiger partial charge on any atom is 0.238 e. The lowest BCUT2D eigenvalue weighted by atomic mass is 10.1. The minimum Gasteiger partial charge on any atom is -0.450 e. The largest absolute Gasteiger partial charge is 0.450 e. The van der Waals surface area contributed by atoms with Gasteiger partial charge >= 0.3 is 0 Å². The second-order valence-corrected chi connectivity index (χ2v) is 4.93. The molecule has 1 atom stereocenters. The number of fused-ring (bicyclic) bond motifs is 1. The van der Waals surface area contributed by atoms with Crippen LogP contribution in [0.1, 0.15) is 44.4 Å². The van der Waals surface area contributed by atoms with Crippen molar-refractivity contribution < 1.29 is 9.47 Å². The normalized spacial score (nSPS) is 18.4. The lowest BCUT2D eigenvalue weighted by molar-refractivity contribution is 0.0672. The van der Waals surface area contributed by atoms with Gasteiger partial charge in [0.1, 0.15) is 0 Å². The summed E-state index contributed by atoms with van der Waals surface area (Å²) in [5.74, 6) is 1.95. The van der Waals surface area contributed by atoms with E-state index in [-0.39, 0.29) is 6.29 Å². The third kappa shape index (κ3) is 2.46. The molecule has 2 rings (SSSR count). The highest BCUT2D eigenvalue weighted by atomic mass is 32.1. The monoisotopic (exact) mass is 226 g/mol. The van der Waals surface area contributed by atoms with E-state index in [2.05, 4.69) is 12.3 Å². The maximum absolute atomic E-state index is 5.62. The van der Waals surface area contributed by atoms with Gasteiger partial charge in [-0.15, -0.1) is 11.3 Å². The van der Waals surface area contributed by atoms with E-state index in [1.807, 2.05) is 6.92 Å². The fraction of sp³-hybridized carbons (Fsp3) is 0.667. The van der Waals surface area contributed by atoms with Crippen molar-refractivity contribution in [1.29, 1.82) is 0 Å². The predicted octanol–water partition coefficient (Wildman–Crippen LogP) is 3.99. The van der Waals surface area contributed by atoms with Gasteiger partial charge in [-0.25, -0.2) is 0 Å². The Morgan fingerprint density at radius 3 is 2.93 bits per heavy atom. The summed E-state index contributed by atoms with van der Waals surface area (Å²) in [6.45, 7) is 4.17. The molecular formula is C12H18O2S. The zero-order valence-corrected chi connectivity index (χ0v) is 10.2. The highest BCUT2D eigenvalue weighted by Gasteiger charge is 2.24. The lowest BCUT2D eigenvalue weighted by Crippen LogP contribution is -2.12. The molecule has 0 aromatic carbocycles. The van der Waals surface area contributed by atoms with Crippen LogP contribution in [0.15, 0.2) is 5.38 Å². The fourth-order valence-corrected chi connectivity index (χ4v) is 2.76. The summed E-state index contributed by atoms with van der Waals surface area (Å²) in [6.07, 6.45) is 6.24. The number of hydrogen-bond donors (Lipinski definition) is 0. The van der Waals surface area contributed by atoms with E-state index in [4.69, 9.17) is 9.47 Å². The molecular weight excluding hydrogens is 208 g/mol. The Balaban J connectivity index is 1.87. The average molecular weight is 226 g/mol. The van der Waals surface area contributed by atoms with Gasteiger partial charge in [0.15, 0.2) is 11.5 Å². The minimum atomic E-state index is -0.0993. The molecule has 0 amide bonds. The van der Waals surface area contributed by atoms with Crippen LogP contribution in [0, 0.1) is 0 Å². The molecule has 0 fully saturated rings. The molecule has 84 valence electrons. The van der Waals surface area contributed by atoms with Gasteiger partial charge in [0.05, 0.1) is 4.88 Å². The van der Waals surface area contributed by atoms with E-state index in [0.29, 0.717) is 0 Å². The Kier molecular flexibility index (Phi) is 3.52. The molecule has 0 saturated heterocycles. The van der Waals surface area contributed by atoms with Crippen molar-refractivity contribution in [2.75, 3.05) is 0 Å². The highest BCUT2D eigenvalue weighted by Crippen LogP contribution is 2.43. The van der Waals surface area contributed by atoms with Gasteiger partial charge in [-0.05, 0) is 12.8 Å². The van der Waals surface area contributed by atoms with Gasteiger partial charge in [-0.2, -0.15) is 0 Å². The van der Waals surface area contributed by atoms with Crippen LogP contribution < -0.4 is 9.47 Å². The fourth-order valence-electron chi connectivity index (χ4n) is 1.83. The molecule has 0 aliphatic carbocycles. The number of ether oxygens (including phenoxy) is 2. The first kappa shape index (κ1) is 10.8. The molecule has 0 N–H and O–H groups in total. The molecule has 3 heteroatoms. The van der Waals surface area contributed by atoms with Crippen molar-refractivity contribution in [1.82, 2.24) is 0 Å². The molecule has 2 nitrogen and oxygen atoms in total. The van der Waals surface area contributed by atoms with E-state index >= 15 is 0 Å². The first-order valence-corrected chi connectivity index (χ1v) is 6.63. The van der Waals surface area contributed by atoms with Crippen LogP contribution in [0.25, 0.3) is 0 Å². The summed E-state index contributed by atoms with van der Waals surface area (Å²) in [4.78, 5) is 1.35. The molecule has 2 heterocycles. The van der Waals surface area contributed by atoms with Crippen LogP contribution >= 0.6 is 11.3 Å². The Labute approximate surface area is 95.2 Å². The number of unbranched alkanes of at least 4 members (excludes halogenated alkanes) is 3. The molecule has 1 aliphatic rings. The molecule has 1 aromatic heterocycles. The minimum absolute atomic E-state index is 0.0993. The standard InChI is InChI=1S/C12H18O2S/c1-3-4-5-6-7-11-12-10(8-15-11)13-9(2)14-12/h8-9H,3-7H2,1-2H3. The zero-order valence-electron chi connectivity index (χ0n) is 9.41. The van der Waals surface area contributed by atoms with Gasteiger partial charge in [-0.1, -0.05) is 26.2 Å². The van der Waals surface area contributed by atoms with E-state index in [1.165, 1.54) is 30.6 Å². The number of thiophene rings is 1. The molecule has 0 saturated carbocycles. The van der Waals surface area contributed by atoms with Crippen molar-refractivity contribution in [3.05, 3.63) is 10.3 Å². The van der Waals surface area contributed by atoms with Crippen molar-refractivity contribution in [3.63, 3.8) is 0 Å². The van der Waals surface area contributed by atoms with Gasteiger partial charge in [0.2, 0.25) is 6.29 Å². The Hall–Kier alpha value is -0.700. The molecule has 1 aromatic rings. The molecule has 0 bridgehead atoms. The van der Waals surface area contributed by atoms with Crippen LogP contribution in [-0.2, 0) is 6.42 Å². The first-order chi connectivity index (χ1) is 7.31. The molecule has 0 spiro atoms. The van der Waals surface area contributed by atoms with Crippen LogP contribution in [0.3, 0.4) is 0 Å². The van der Waals surface area contributed by atoms with Crippen LogP contribution in [0.4, 0.5) is 0 Å². The summed E-state index contributed by atoms with van der Waals surface area (Å²) in [6, 6.07) is 0. The summed E-state index contributed by atoms with van der Waals surface area (Å²) in [5.41, 5.74) is 0. The van der Waals surface area contributed by atoms with Crippen molar-refractivity contribution >= 4 is 11.3 Å². The van der Waals surface area contributed by atoms with Gasteiger partial charge in [0.25, 0.3) is 0 Å². The van der Waals surface area contributed by atoms with Gasteiger partial charge in [0, 0.05) is 12.3 Å². The molecule has 1 unspecified atom stereocenters. The van der Waals surface area contributed by atoms with E-state index < -0.39 is 0 Å². The number of rotatable bonds is 5. The van der Waals surface area contributed by atoms with Gasteiger partial charge in [-0.3, -0.25) is 0 Å². The Morgan fingerprint density at radius 1 is 1.27 bits per heavy atom. The van der Waals surface area contributed by atoms with E-state index in [0.717, 1.165) is 17.9 Å². The zero-order chi connectivity index (χ0) is 10.7. The third-order valence-corrected chi connectivity index (χ3v) is 3.63. The maximum atomic E-state index is 5.62. The summed E-state index contributed by atoms with van der Waals surface area (Å²) in [5, 5.41) is 2.06. The van der Waals surface area contributed by atoms with Crippen LogP contribution in [0.2, 0.25) is 0 Å². The topological polar surface area (TPSA) is 18.5 Å². The van der Waals surface area contributed by atoms with E-state index in [9.17, 15) is 0 Å². The molecule has 1 aliphatic heterocycles. The van der Waals surface area contributed by atoms with Crippen LogP contribution in [-0.4, -0.2) is 6.29 Å². The number of hydrogen-bond acceptors (Lipinski definition) is 3. The SMILES string of the molecule is CCCCCCc1scc2c1OC(C)O2. The molecule has 15 heavy (non-hydrogen) atoms. The molecule has 0 radical (unpaired) electrons. The third-order valence-electron chi connectivity index (χ3n) is 2.62. The highest BCUT2D eigenvalue weighted by molar-refractivity contribution is 7.10. The summed E-state index contributed by atoms with van der Waals surface area (Å²) in [7, 11) is 0. The second-order valence-electron chi connectivity index (χ2n) is 3.97. The lowest BCUT2D eigenvalue weighted by Gasteiger charge is -2.04. The number of aryl methyl sites for hydroxylation is 1. The second kappa shape index (κ2) is 4.88. The smallest absolute Gasteiger partial charge is 0.238 e.